The summed E-state index contributed by atoms with van der Waals surface area (Å²) in [5, 5.41) is 3.68. The fourth-order valence-corrected chi connectivity index (χ4v) is 2.46. The third-order valence-corrected chi connectivity index (χ3v) is 3.78. The van der Waals surface area contributed by atoms with Crippen LogP contribution >= 0.6 is 0 Å². The van der Waals surface area contributed by atoms with Crippen molar-refractivity contribution in [3.63, 3.8) is 0 Å². The van der Waals surface area contributed by atoms with Gasteiger partial charge in [-0.2, -0.15) is 0 Å². The van der Waals surface area contributed by atoms with Gasteiger partial charge in [0.25, 0.3) is 0 Å². The van der Waals surface area contributed by atoms with Gasteiger partial charge >= 0.3 is 0 Å². The second-order valence-corrected chi connectivity index (χ2v) is 5.80. The Morgan fingerprint density at radius 1 is 1.12 bits per heavy atom. The minimum absolute atomic E-state index is 0.574. The highest BCUT2D eigenvalue weighted by Gasteiger charge is 2.26. The molecule has 1 N–H and O–H groups in total. The third-order valence-electron chi connectivity index (χ3n) is 3.78. The van der Waals surface area contributed by atoms with Crippen molar-refractivity contribution in [1.29, 1.82) is 0 Å². The van der Waals surface area contributed by atoms with Crippen LogP contribution in [0.1, 0.15) is 45.1 Å². The molecule has 0 unspecified atom stereocenters. The van der Waals surface area contributed by atoms with Gasteiger partial charge in [-0.1, -0.05) is 44.2 Å². The summed E-state index contributed by atoms with van der Waals surface area (Å²) in [6.45, 7) is 5.80. The third kappa shape index (κ3) is 3.34. The molecule has 1 fully saturated rings. The summed E-state index contributed by atoms with van der Waals surface area (Å²) in [5.41, 5.74) is 1.97. The molecule has 0 spiro atoms. The first-order valence-corrected chi connectivity index (χ1v) is 6.43. The lowest BCUT2D eigenvalue weighted by molar-refractivity contribution is 0.206. The molecular formula is C15H23N. The quantitative estimate of drug-likeness (QED) is 0.813. The molecule has 1 nitrogen and oxygen atoms in total. The highest BCUT2D eigenvalue weighted by atomic mass is 14.9. The van der Waals surface area contributed by atoms with Crippen molar-refractivity contribution >= 4 is 0 Å². The summed E-state index contributed by atoms with van der Waals surface area (Å²) < 4.78 is 0. The summed E-state index contributed by atoms with van der Waals surface area (Å²) in [4.78, 5) is 0. The van der Waals surface area contributed by atoms with Crippen molar-refractivity contribution in [2.24, 2.45) is 5.41 Å². The van der Waals surface area contributed by atoms with Crippen LogP contribution in [0.3, 0.4) is 0 Å². The molecule has 1 aliphatic rings. The van der Waals surface area contributed by atoms with Crippen LogP contribution in [0.15, 0.2) is 30.3 Å². The first kappa shape index (κ1) is 11.7. The molecule has 2 rings (SSSR count). The summed E-state index contributed by atoms with van der Waals surface area (Å²) in [5.74, 6) is 0. The second-order valence-electron chi connectivity index (χ2n) is 5.80. The molecule has 0 atom stereocenters. The average Bonchev–Trinajstić information content (AvgIpc) is 2.29. The summed E-state index contributed by atoms with van der Waals surface area (Å²) in [6.07, 6.45) is 5.39. The Hall–Kier alpha value is -0.820. The minimum atomic E-state index is 0.574. The molecule has 0 aliphatic heterocycles. The van der Waals surface area contributed by atoms with E-state index in [0.717, 1.165) is 12.6 Å². The van der Waals surface area contributed by atoms with E-state index in [1.807, 2.05) is 0 Å². The molecule has 0 bridgehead atoms. The molecular weight excluding hydrogens is 194 g/mol. The van der Waals surface area contributed by atoms with Crippen LogP contribution in [-0.2, 0) is 6.54 Å². The molecule has 1 heteroatoms. The summed E-state index contributed by atoms with van der Waals surface area (Å²) >= 11 is 0. The predicted molar refractivity (Wildman–Crippen MR) is 69.3 cm³/mol. The Morgan fingerprint density at radius 2 is 1.75 bits per heavy atom. The number of rotatable bonds is 3. The van der Waals surface area contributed by atoms with Crippen molar-refractivity contribution in [2.45, 2.75) is 52.1 Å². The maximum Gasteiger partial charge on any atom is 0.0208 e. The van der Waals surface area contributed by atoms with Crippen molar-refractivity contribution in [3.8, 4) is 0 Å². The fraction of sp³-hybridized carbons (Fsp3) is 0.600. The van der Waals surface area contributed by atoms with Crippen LogP contribution in [0.5, 0.6) is 0 Å². The number of hydrogen-bond donors (Lipinski definition) is 1. The zero-order valence-corrected chi connectivity index (χ0v) is 10.5. The molecule has 1 saturated carbocycles. The first-order valence-electron chi connectivity index (χ1n) is 6.43. The van der Waals surface area contributed by atoms with Gasteiger partial charge in [0.2, 0.25) is 0 Å². The van der Waals surface area contributed by atoms with Crippen LogP contribution in [0.25, 0.3) is 0 Å². The van der Waals surface area contributed by atoms with E-state index in [4.69, 9.17) is 0 Å². The van der Waals surface area contributed by atoms with Gasteiger partial charge in [-0.3, -0.25) is 0 Å². The molecule has 16 heavy (non-hydrogen) atoms. The van der Waals surface area contributed by atoms with Crippen LogP contribution in [0, 0.1) is 5.41 Å². The van der Waals surface area contributed by atoms with Gasteiger partial charge in [0.1, 0.15) is 0 Å². The monoisotopic (exact) mass is 217 g/mol. The van der Waals surface area contributed by atoms with Gasteiger partial charge in [0.05, 0.1) is 0 Å². The lowest BCUT2D eigenvalue weighted by Crippen LogP contribution is -2.35. The molecule has 0 radical (unpaired) electrons. The van der Waals surface area contributed by atoms with Crippen LogP contribution in [0.4, 0.5) is 0 Å². The Balaban J connectivity index is 1.76. The molecule has 0 amide bonds. The SMILES string of the molecule is CC1(C)CCC(NCc2ccccc2)CC1. The standard InChI is InChI=1S/C15H23N/c1-15(2)10-8-14(9-11-15)16-12-13-6-4-3-5-7-13/h3-7,14,16H,8-12H2,1-2H3. The summed E-state index contributed by atoms with van der Waals surface area (Å²) in [6, 6.07) is 11.4. The molecule has 1 aromatic carbocycles. The minimum Gasteiger partial charge on any atom is -0.310 e. The highest BCUT2D eigenvalue weighted by Crippen LogP contribution is 2.34. The zero-order valence-electron chi connectivity index (χ0n) is 10.5. The number of nitrogens with one attached hydrogen (secondary N) is 1. The van der Waals surface area contributed by atoms with Gasteiger partial charge in [-0.25, -0.2) is 0 Å². The van der Waals surface area contributed by atoms with E-state index in [1.54, 1.807) is 0 Å². The van der Waals surface area contributed by atoms with E-state index < -0.39 is 0 Å². The maximum atomic E-state index is 3.68. The largest absolute Gasteiger partial charge is 0.310 e. The van der Waals surface area contributed by atoms with Crippen LogP contribution < -0.4 is 5.32 Å². The highest BCUT2D eigenvalue weighted by molar-refractivity contribution is 5.14. The Kier molecular flexibility index (Phi) is 3.65. The van der Waals surface area contributed by atoms with E-state index in [-0.39, 0.29) is 0 Å². The molecule has 1 aromatic rings. The van der Waals surface area contributed by atoms with Crippen molar-refractivity contribution in [2.75, 3.05) is 0 Å². The van der Waals surface area contributed by atoms with Crippen molar-refractivity contribution in [3.05, 3.63) is 35.9 Å². The Labute approximate surface area is 99.3 Å². The van der Waals surface area contributed by atoms with E-state index in [0.29, 0.717) is 5.41 Å². The lowest BCUT2D eigenvalue weighted by Gasteiger charge is -2.34. The van der Waals surface area contributed by atoms with E-state index in [2.05, 4.69) is 49.5 Å². The van der Waals surface area contributed by atoms with E-state index in [1.165, 1.54) is 31.2 Å². The van der Waals surface area contributed by atoms with Crippen molar-refractivity contribution in [1.82, 2.24) is 5.32 Å². The lowest BCUT2D eigenvalue weighted by atomic mass is 9.75. The zero-order chi connectivity index (χ0) is 11.4. The predicted octanol–water partition coefficient (Wildman–Crippen LogP) is 3.75. The Morgan fingerprint density at radius 3 is 2.38 bits per heavy atom. The van der Waals surface area contributed by atoms with Gasteiger partial charge < -0.3 is 5.32 Å². The number of hydrogen-bond acceptors (Lipinski definition) is 1. The fourth-order valence-electron chi connectivity index (χ4n) is 2.46. The van der Waals surface area contributed by atoms with E-state index >= 15 is 0 Å². The summed E-state index contributed by atoms with van der Waals surface area (Å²) in [7, 11) is 0. The van der Waals surface area contributed by atoms with Gasteiger partial charge in [-0.15, -0.1) is 0 Å². The first-order chi connectivity index (χ1) is 7.66. The average molecular weight is 217 g/mol. The van der Waals surface area contributed by atoms with Crippen LogP contribution in [-0.4, -0.2) is 6.04 Å². The molecule has 0 saturated heterocycles. The normalized spacial score (nSPS) is 20.9. The molecule has 1 aliphatic carbocycles. The van der Waals surface area contributed by atoms with E-state index in [9.17, 15) is 0 Å². The molecule has 0 aromatic heterocycles. The number of benzene rings is 1. The van der Waals surface area contributed by atoms with Gasteiger partial charge in [0, 0.05) is 12.6 Å². The van der Waals surface area contributed by atoms with Gasteiger partial charge in [0.15, 0.2) is 0 Å². The Bertz CT molecular complexity index is 305. The second kappa shape index (κ2) is 5.01. The molecule has 88 valence electrons. The van der Waals surface area contributed by atoms with Crippen LogP contribution in [0.2, 0.25) is 0 Å². The molecule has 0 heterocycles. The smallest absolute Gasteiger partial charge is 0.0208 e. The van der Waals surface area contributed by atoms with Gasteiger partial charge in [-0.05, 0) is 36.7 Å². The van der Waals surface area contributed by atoms with Crippen molar-refractivity contribution < 1.29 is 0 Å². The maximum absolute atomic E-state index is 3.68. The topological polar surface area (TPSA) is 12.0 Å².